The zero-order valence-electron chi connectivity index (χ0n) is 13.7. The van der Waals surface area contributed by atoms with E-state index in [0.29, 0.717) is 5.92 Å². The summed E-state index contributed by atoms with van der Waals surface area (Å²) in [7, 11) is 0. The highest BCUT2D eigenvalue weighted by atomic mass is 16.2. The smallest absolute Gasteiger partial charge is 0.319 e. The lowest BCUT2D eigenvalue weighted by molar-refractivity contribution is 0.246. The number of urea groups is 1. The molecule has 1 aromatic carbocycles. The molecule has 3 rings (SSSR count). The van der Waals surface area contributed by atoms with Gasteiger partial charge < -0.3 is 10.6 Å². The van der Waals surface area contributed by atoms with Gasteiger partial charge in [0.1, 0.15) is 0 Å². The number of hydrogen-bond donors (Lipinski definition) is 2. The Morgan fingerprint density at radius 3 is 2.57 bits per heavy atom. The highest BCUT2D eigenvalue weighted by Gasteiger charge is 2.32. The largest absolute Gasteiger partial charge is 0.335 e. The lowest BCUT2D eigenvalue weighted by Gasteiger charge is -2.19. The van der Waals surface area contributed by atoms with Crippen LogP contribution >= 0.6 is 0 Å². The maximum absolute atomic E-state index is 12.3. The standard InChI is InChI=1S/C19H23N3O/c1-13-8-11-17(14(2)20-13)21-19(23)22-18(16-9-10-16)12-15-6-4-3-5-7-15/h3-8,11,16,18H,9-10,12H2,1-2H3,(H2,21,22,23)/t18-/m1/s1. The number of nitrogens with zero attached hydrogens (tertiary/aromatic N) is 1. The molecule has 0 unspecified atom stereocenters. The van der Waals surface area contributed by atoms with Crippen molar-refractivity contribution in [2.45, 2.75) is 39.2 Å². The number of carbonyl (C=O) groups excluding carboxylic acids is 1. The van der Waals surface area contributed by atoms with Crippen molar-refractivity contribution in [3.05, 3.63) is 59.4 Å². The Bertz CT molecular complexity index is 680. The summed E-state index contributed by atoms with van der Waals surface area (Å²) >= 11 is 0. The van der Waals surface area contributed by atoms with Crippen LogP contribution in [0.3, 0.4) is 0 Å². The molecule has 2 amide bonds. The quantitative estimate of drug-likeness (QED) is 0.881. The first kappa shape index (κ1) is 15.5. The second-order valence-electron chi connectivity index (χ2n) is 6.32. The number of amides is 2. The van der Waals surface area contributed by atoms with Gasteiger partial charge in [-0.3, -0.25) is 4.98 Å². The topological polar surface area (TPSA) is 54.0 Å². The number of rotatable bonds is 5. The van der Waals surface area contributed by atoms with Gasteiger partial charge in [0.05, 0.1) is 11.4 Å². The molecule has 1 aliphatic carbocycles. The number of hydrogen-bond acceptors (Lipinski definition) is 2. The molecule has 0 aliphatic heterocycles. The van der Waals surface area contributed by atoms with Crippen LogP contribution in [0, 0.1) is 19.8 Å². The van der Waals surface area contributed by atoms with Gasteiger partial charge in [-0.05, 0) is 56.7 Å². The third-order valence-electron chi connectivity index (χ3n) is 4.28. The number of pyridine rings is 1. The van der Waals surface area contributed by atoms with E-state index >= 15 is 0 Å². The second-order valence-corrected chi connectivity index (χ2v) is 6.32. The molecule has 120 valence electrons. The molecule has 1 atom stereocenters. The van der Waals surface area contributed by atoms with Crippen molar-refractivity contribution in [2.75, 3.05) is 5.32 Å². The van der Waals surface area contributed by atoms with Crippen LogP contribution in [0.4, 0.5) is 10.5 Å². The van der Waals surface area contributed by atoms with E-state index in [4.69, 9.17) is 0 Å². The van der Waals surface area contributed by atoms with E-state index in [1.165, 1.54) is 18.4 Å². The highest BCUT2D eigenvalue weighted by Crippen LogP contribution is 2.34. The Hall–Kier alpha value is -2.36. The summed E-state index contributed by atoms with van der Waals surface area (Å²) in [5, 5.41) is 6.06. The molecule has 2 N–H and O–H groups in total. The third-order valence-corrected chi connectivity index (χ3v) is 4.28. The zero-order chi connectivity index (χ0) is 16.2. The number of benzene rings is 1. The first-order valence-electron chi connectivity index (χ1n) is 8.17. The minimum Gasteiger partial charge on any atom is -0.335 e. The van der Waals surface area contributed by atoms with Crippen molar-refractivity contribution in [3.63, 3.8) is 0 Å². The molecule has 1 fully saturated rings. The van der Waals surface area contributed by atoms with Crippen LogP contribution in [0.15, 0.2) is 42.5 Å². The molecule has 1 aliphatic rings. The zero-order valence-corrected chi connectivity index (χ0v) is 13.7. The summed E-state index contributed by atoms with van der Waals surface area (Å²) in [6.07, 6.45) is 3.27. The van der Waals surface area contributed by atoms with Gasteiger partial charge in [-0.2, -0.15) is 0 Å². The van der Waals surface area contributed by atoms with Crippen molar-refractivity contribution in [1.82, 2.24) is 10.3 Å². The van der Waals surface area contributed by atoms with E-state index < -0.39 is 0 Å². The molecular weight excluding hydrogens is 286 g/mol. The predicted molar refractivity (Wildman–Crippen MR) is 92.5 cm³/mol. The summed E-state index contributed by atoms with van der Waals surface area (Å²) in [4.78, 5) is 16.7. The molecule has 2 aromatic rings. The van der Waals surface area contributed by atoms with E-state index in [9.17, 15) is 4.79 Å². The summed E-state index contributed by atoms with van der Waals surface area (Å²) < 4.78 is 0. The molecule has 4 heteroatoms. The molecule has 1 heterocycles. The molecule has 0 radical (unpaired) electrons. The number of aryl methyl sites for hydroxylation is 2. The Labute approximate surface area is 137 Å². The molecule has 1 saturated carbocycles. The van der Waals surface area contributed by atoms with Gasteiger partial charge in [0.15, 0.2) is 0 Å². The molecule has 0 saturated heterocycles. The van der Waals surface area contributed by atoms with Crippen LogP contribution in [0.5, 0.6) is 0 Å². The normalized spacial score (nSPS) is 15.0. The van der Waals surface area contributed by atoms with E-state index in [-0.39, 0.29) is 12.1 Å². The summed E-state index contributed by atoms with van der Waals surface area (Å²) in [5.41, 5.74) is 3.82. The summed E-state index contributed by atoms with van der Waals surface area (Å²) in [6.45, 7) is 3.85. The Morgan fingerprint density at radius 2 is 1.91 bits per heavy atom. The molecule has 1 aromatic heterocycles. The Morgan fingerprint density at radius 1 is 1.17 bits per heavy atom. The van der Waals surface area contributed by atoms with Gasteiger partial charge in [0.2, 0.25) is 0 Å². The Balaban J connectivity index is 1.62. The predicted octanol–water partition coefficient (Wildman–Crippen LogP) is 3.84. The first-order valence-corrected chi connectivity index (χ1v) is 8.17. The first-order chi connectivity index (χ1) is 11.1. The van der Waals surface area contributed by atoms with Crippen molar-refractivity contribution < 1.29 is 4.79 Å². The van der Waals surface area contributed by atoms with Crippen LogP contribution in [0.1, 0.15) is 29.8 Å². The van der Waals surface area contributed by atoms with Gasteiger partial charge >= 0.3 is 6.03 Å². The van der Waals surface area contributed by atoms with Gasteiger partial charge in [0, 0.05) is 11.7 Å². The van der Waals surface area contributed by atoms with Gasteiger partial charge in [-0.1, -0.05) is 30.3 Å². The molecule has 0 spiro atoms. The Kier molecular flexibility index (Phi) is 4.60. The SMILES string of the molecule is Cc1ccc(NC(=O)N[C@H](Cc2ccccc2)C2CC2)c(C)n1. The lowest BCUT2D eigenvalue weighted by Crippen LogP contribution is -2.40. The van der Waals surface area contributed by atoms with E-state index in [2.05, 4.69) is 27.8 Å². The summed E-state index contributed by atoms with van der Waals surface area (Å²) in [5.74, 6) is 0.596. The fourth-order valence-corrected chi connectivity index (χ4v) is 2.85. The van der Waals surface area contributed by atoms with Crippen LogP contribution in [0.25, 0.3) is 0 Å². The van der Waals surface area contributed by atoms with Crippen molar-refractivity contribution in [1.29, 1.82) is 0 Å². The maximum Gasteiger partial charge on any atom is 0.319 e. The van der Waals surface area contributed by atoms with Gasteiger partial charge in [0.25, 0.3) is 0 Å². The van der Waals surface area contributed by atoms with Crippen LogP contribution in [0.2, 0.25) is 0 Å². The molecule has 4 nitrogen and oxygen atoms in total. The average molecular weight is 309 g/mol. The molecular formula is C19H23N3O. The second kappa shape index (κ2) is 6.82. The van der Waals surface area contributed by atoms with Crippen molar-refractivity contribution in [3.8, 4) is 0 Å². The van der Waals surface area contributed by atoms with E-state index in [0.717, 1.165) is 23.5 Å². The highest BCUT2D eigenvalue weighted by molar-refractivity contribution is 5.90. The van der Waals surface area contributed by atoms with E-state index in [1.807, 2.05) is 44.2 Å². The number of aromatic nitrogens is 1. The monoisotopic (exact) mass is 309 g/mol. The fraction of sp³-hybridized carbons (Fsp3) is 0.368. The lowest BCUT2D eigenvalue weighted by atomic mass is 10.0. The van der Waals surface area contributed by atoms with Gasteiger partial charge in [-0.15, -0.1) is 0 Å². The molecule has 0 bridgehead atoms. The number of anilines is 1. The van der Waals surface area contributed by atoms with Crippen molar-refractivity contribution in [2.24, 2.45) is 5.92 Å². The van der Waals surface area contributed by atoms with Crippen LogP contribution in [-0.4, -0.2) is 17.1 Å². The summed E-state index contributed by atoms with van der Waals surface area (Å²) in [6, 6.07) is 14.2. The van der Waals surface area contributed by atoms with E-state index in [1.54, 1.807) is 0 Å². The van der Waals surface area contributed by atoms with Crippen molar-refractivity contribution >= 4 is 11.7 Å². The van der Waals surface area contributed by atoms with Gasteiger partial charge in [-0.25, -0.2) is 4.79 Å². The maximum atomic E-state index is 12.3. The molecule has 23 heavy (non-hydrogen) atoms. The van der Waals surface area contributed by atoms with Crippen LogP contribution < -0.4 is 10.6 Å². The average Bonchev–Trinajstić information content (AvgIpc) is 3.35. The minimum absolute atomic E-state index is 0.147. The van der Waals surface area contributed by atoms with Crippen LogP contribution in [-0.2, 0) is 6.42 Å². The number of carbonyl (C=O) groups is 1. The fourth-order valence-electron chi connectivity index (χ4n) is 2.85. The minimum atomic E-state index is -0.147. The number of nitrogens with one attached hydrogen (secondary N) is 2. The third kappa shape index (κ3) is 4.31.